The average molecular weight is 325 g/mol. The average Bonchev–Trinajstić information content (AvgIpc) is 2.38. The summed E-state index contributed by atoms with van der Waals surface area (Å²) in [5.41, 5.74) is 1.54. The highest BCUT2D eigenvalue weighted by Gasteiger charge is 2.06. The van der Waals surface area contributed by atoms with Crippen molar-refractivity contribution in [1.29, 1.82) is 0 Å². The van der Waals surface area contributed by atoms with Gasteiger partial charge in [-0.1, -0.05) is 0 Å². The Morgan fingerprint density at radius 1 is 1.37 bits per heavy atom. The number of nitrogens with one attached hydrogen (secondary N) is 2. The Balaban J connectivity index is 2.26. The first-order valence-corrected chi connectivity index (χ1v) is 6.69. The van der Waals surface area contributed by atoms with Crippen molar-refractivity contribution in [2.24, 2.45) is 0 Å². The van der Waals surface area contributed by atoms with Crippen LogP contribution in [-0.4, -0.2) is 16.5 Å². The first-order valence-electron chi connectivity index (χ1n) is 5.89. The molecule has 2 aromatic rings. The molecular formula is C13H14BrFN4. The first kappa shape index (κ1) is 13.7. The van der Waals surface area contributed by atoms with E-state index in [1.165, 1.54) is 6.07 Å². The molecular weight excluding hydrogens is 311 g/mol. The van der Waals surface area contributed by atoms with Gasteiger partial charge >= 0.3 is 0 Å². The molecule has 1 aromatic carbocycles. The van der Waals surface area contributed by atoms with Gasteiger partial charge in [0.05, 0.1) is 4.47 Å². The molecule has 0 fully saturated rings. The van der Waals surface area contributed by atoms with Crippen molar-refractivity contribution < 1.29 is 4.39 Å². The number of aryl methyl sites for hydroxylation is 1. The molecule has 0 saturated heterocycles. The van der Waals surface area contributed by atoms with Crippen LogP contribution in [0.15, 0.2) is 28.9 Å². The van der Waals surface area contributed by atoms with E-state index in [0.717, 1.165) is 12.1 Å². The van der Waals surface area contributed by atoms with Gasteiger partial charge in [0.1, 0.15) is 11.6 Å². The summed E-state index contributed by atoms with van der Waals surface area (Å²) >= 11 is 3.12. The van der Waals surface area contributed by atoms with Crippen molar-refractivity contribution >= 4 is 33.4 Å². The smallest absolute Gasteiger partial charge is 0.224 e. The molecule has 1 aromatic heterocycles. The summed E-state index contributed by atoms with van der Waals surface area (Å²) in [5, 5.41) is 6.12. The lowest BCUT2D eigenvalue weighted by Crippen LogP contribution is -2.05. The summed E-state index contributed by atoms with van der Waals surface area (Å²) in [4.78, 5) is 8.50. The van der Waals surface area contributed by atoms with Crippen molar-refractivity contribution in [1.82, 2.24) is 9.97 Å². The fourth-order valence-electron chi connectivity index (χ4n) is 1.52. The van der Waals surface area contributed by atoms with Gasteiger partial charge in [0, 0.05) is 24.0 Å². The molecule has 0 aliphatic carbocycles. The minimum Gasteiger partial charge on any atom is -0.354 e. The van der Waals surface area contributed by atoms with Crippen LogP contribution < -0.4 is 10.6 Å². The predicted molar refractivity (Wildman–Crippen MR) is 78.3 cm³/mol. The maximum Gasteiger partial charge on any atom is 0.224 e. The van der Waals surface area contributed by atoms with Gasteiger partial charge in [0.25, 0.3) is 0 Å². The van der Waals surface area contributed by atoms with Gasteiger partial charge in [-0.05, 0) is 48.0 Å². The van der Waals surface area contributed by atoms with Gasteiger partial charge in [-0.2, -0.15) is 4.98 Å². The third-order valence-corrected chi connectivity index (χ3v) is 3.13. The zero-order chi connectivity index (χ0) is 13.8. The lowest BCUT2D eigenvalue weighted by molar-refractivity contribution is 0.622. The molecule has 0 radical (unpaired) electrons. The van der Waals surface area contributed by atoms with Gasteiger partial charge in [-0.3, -0.25) is 0 Å². The van der Waals surface area contributed by atoms with Gasteiger partial charge in [0.2, 0.25) is 5.95 Å². The van der Waals surface area contributed by atoms with E-state index in [0.29, 0.717) is 21.9 Å². The lowest BCUT2D eigenvalue weighted by atomic mass is 10.3. The second-order valence-electron chi connectivity index (χ2n) is 4.01. The molecule has 0 saturated carbocycles. The van der Waals surface area contributed by atoms with E-state index < -0.39 is 0 Å². The van der Waals surface area contributed by atoms with Gasteiger partial charge < -0.3 is 10.6 Å². The van der Waals surface area contributed by atoms with Crippen LogP contribution in [0.2, 0.25) is 0 Å². The molecule has 0 aliphatic rings. The van der Waals surface area contributed by atoms with Crippen LogP contribution in [0.25, 0.3) is 0 Å². The number of rotatable bonds is 4. The summed E-state index contributed by atoms with van der Waals surface area (Å²) < 4.78 is 13.9. The largest absolute Gasteiger partial charge is 0.354 e. The fraction of sp³-hybridized carbons (Fsp3) is 0.231. The highest BCUT2D eigenvalue weighted by Crippen LogP contribution is 2.23. The summed E-state index contributed by atoms with van der Waals surface area (Å²) in [6.45, 7) is 4.61. The second kappa shape index (κ2) is 5.97. The first-order chi connectivity index (χ1) is 9.10. The quantitative estimate of drug-likeness (QED) is 0.896. The molecule has 0 atom stereocenters. The lowest BCUT2D eigenvalue weighted by Gasteiger charge is -2.10. The molecule has 1 heterocycles. The second-order valence-corrected chi connectivity index (χ2v) is 4.86. The van der Waals surface area contributed by atoms with E-state index >= 15 is 0 Å². The number of hydrogen-bond acceptors (Lipinski definition) is 4. The minimum absolute atomic E-state index is 0.316. The molecule has 2 N–H and O–H groups in total. The van der Waals surface area contributed by atoms with Crippen molar-refractivity contribution in [3.63, 3.8) is 0 Å². The monoisotopic (exact) mass is 324 g/mol. The zero-order valence-electron chi connectivity index (χ0n) is 10.7. The Morgan fingerprint density at radius 2 is 2.16 bits per heavy atom. The van der Waals surface area contributed by atoms with E-state index in [4.69, 9.17) is 0 Å². The fourth-order valence-corrected chi connectivity index (χ4v) is 1.77. The van der Waals surface area contributed by atoms with Gasteiger partial charge in [-0.25, -0.2) is 9.37 Å². The molecule has 0 spiro atoms. The highest BCUT2D eigenvalue weighted by molar-refractivity contribution is 9.10. The van der Waals surface area contributed by atoms with Crippen LogP contribution in [0.1, 0.15) is 12.5 Å². The van der Waals surface area contributed by atoms with E-state index in [1.54, 1.807) is 18.3 Å². The Labute approximate surface area is 119 Å². The number of halogens is 2. The molecule has 19 heavy (non-hydrogen) atoms. The van der Waals surface area contributed by atoms with Crippen molar-refractivity contribution in [3.05, 3.63) is 40.2 Å². The summed E-state index contributed by atoms with van der Waals surface area (Å²) in [7, 11) is 0. The van der Waals surface area contributed by atoms with Crippen LogP contribution in [0.3, 0.4) is 0 Å². The van der Waals surface area contributed by atoms with Crippen LogP contribution in [-0.2, 0) is 0 Å². The molecule has 0 bridgehead atoms. The van der Waals surface area contributed by atoms with Crippen molar-refractivity contribution in [2.75, 3.05) is 17.2 Å². The molecule has 4 nitrogen and oxygen atoms in total. The number of nitrogens with zero attached hydrogens (tertiary/aromatic N) is 2. The third kappa shape index (κ3) is 3.41. The SMILES string of the molecule is CCNc1ncc(C)c(Nc2ccc(Br)c(F)c2)n1. The normalized spacial score (nSPS) is 10.3. The maximum absolute atomic E-state index is 13.5. The number of benzene rings is 1. The van der Waals surface area contributed by atoms with Crippen LogP contribution in [0, 0.1) is 12.7 Å². The topological polar surface area (TPSA) is 49.8 Å². The third-order valence-electron chi connectivity index (χ3n) is 2.49. The van der Waals surface area contributed by atoms with E-state index in [2.05, 4.69) is 36.5 Å². The zero-order valence-corrected chi connectivity index (χ0v) is 12.3. The molecule has 0 aliphatic heterocycles. The van der Waals surface area contributed by atoms with Crippen LogP contribution in [0.4, 0.5) is 21.8 Å². The number of hydrogen-bond donors (Lipinski definition) is 2. The Morgan fingerprint density at radius 3 is 2.84 bits per heavy atom. The van der Waals surface area contributed by atoms with E-state index in [9.17, 15) is 4.39 Å². The summed E-state index contributed by atoms with van der Waals surface area (Å²) in [6.07, 6.45) is 1.72. The Hall–Kier alpha value is -1.69. The van der Waals surface area contributed by atoms with Crippen molar-refractivity contribution in [3.8, 4) is 0 Å². The van der Waals surface area contributed by atoms with E-state index in [-0.39, 0.29) is 5.82 Å². The predicted octanol–water partition coefficient (Wildman–Crippen LogP) is 3.86. The van der Waals surface area contributed by atoms with Gasteiger partial charge in [0.15, 0.2) is 0 Å². The summed E-state index contributed by atoms with van der Waals surface area (Å²) in [5.74, 6) is 0.893. The van der Waals surface area contributed by atoms with Crippen LogP contribution in [0.5, 0.6) is 0 Å². The molecule has 2 rings (SSSR count). The number of aromatic nitrogens is 2. The molecule has 0 amide bonds. The maximum atomic E-state index is 13.5. The molecule has 0 unspecified atom stereocenters. The summed E-state index contributed by atoms with van der Waals surface area (Å²) in [6, 6.07) is 4.85. The Kier molecular flexibility index (Phi) is 4.31. The van der Waals surface area contributed by atoms with Crippen molar-refractivity contribution in [2.45, 2.75) is 13.8 Å². The van der Waals surface area contributed by atoms with Gasteiger partial charge in [-0.15, -0.1) is 0 Å². The molecule has 6 heteroatoms. The standard InChI is InChI=1S/C13H14BrFN4/c1-3-16-13-17-7-8(2)12(19-13)18-9-4-5-10(14)11(15)6-9/h4-7H,3H2,1-2H3,(H2,16,17,18,19). The Bertz CT molecular complexity index is 589. The van der Waals surface area contributed by atoms with Crippen LogP contribution >= 0.6 is 15.9 Å². The minimum atomic E-state index is -0.316. The molecule has 100 valence electrons. The highest BCUT2D eigenvalue weighted by atomic mass is 79.9. The van der Waals surface area contributed by atoms with E-state index in [1.807, 2.05) is 13.8 Å². The number of anilines is 3.